The van der Waals surface area contributed by atoms with Gasteiger partial charge in [-0.3, -0.25) is 0 Å². The van der Waals surface area contributed by atoms with E-state index in [4.69, 9.17) is 5.73 Å². The van der Waals surface area contributed by atoms with Crippen molar-refractivity contribution in [3.8, 4) is 0 Å². The van der Waals surface area contributed by atoms with Crippen LogP contribution in [0.1, 0.15) is 37.3 Å². The third kappa shape index (κ3) is 3.53. The van der Waals surface area contributed by atoms with Crippen LogP contribution in [0.3, 0.4) is 0 Å². The Labute approximate surface area is 99.5 Å². The lowest BCUT2D eigenvalue weighted by Crippen LogP contribution is -2.20. The first-order valence-electron chi connectivity index (χ1n) is 6.19. The quantitative estimate of drug-likeness (QED) is 0.746. The van der Waals surface area contributed by atoms with E-state index in [0.717, 1.165) is 6.54 Å². The Morgan fingerprint density at radius 3 is 2.62 bits per heavy atom. The molecule has 0 saturated carbocycles. The summed E-state index contributed by atoms with van der Waals surface area (Å²) < 4.78 is 0. The molecule has 2 heteroatoms. The van der Waals surface area contributed by atoms with Gasteiger partial charge in [0.25, 0.3) is 0 Å². The number of aryl methyl sites for hydroxylation is 1. The van der Waals surface area contributed by atoms with E-state index in [1.165, 1.54) is 36.1 Å². The number of rotatable bonds is 6. The SMILES string of the molecule is CCCCCN(C)c1cc(C)ccc1CN. The molecule has 0 unspecified atom stereocenters. The summed E-state index contributed by atoms with van der Waals surface area (Å²) >= 11 is 0. The van der Waals surface area contributed by atoms with Crippen LogP contribution in [0.4, 0.5) is 5.69 Å². The summed E-state index contributed by atoms with van der Waals surface area (Å²) in [5.74, 6) is 0. The fourth-order valence-electron chi connectivity index (χ4n) is 1.92. The van der Waals surface area contributed by atoms with Crippen molar-refractivity contribution in [3.05, 3.63) is 29.3 Å². The maximum Gasteiger partial charge on any atom is 0.0411 e. The molecular formula is C14H24N2. The second-order valence-corrected chi connectivity index (χ2v) is 4.46. The van der Waals surface area contributed by atoms with Crippen molar-refractivity contribution in [2.45, 2.75) is 39.7 Å². The predicted octanol–water partition coefficient (Wildman–Crippen LogP) is 3.08. The average molecular weight is 220 g/mol. The topological polar surface area (TPSA) is 29.3 Å². The highest BCUT2D eigenvalue weighted by molar-refractivity contribution is 5.54. The largest absolute Gasteiger partial charge is 0.374 e. The van der Waals surface area contributed by atoms with Crippen LogP contribution in [0.2, 0.25) is 0 Å². The lowest BCUT2D eigenvalue weighted by atomic mass is 10.1. The lowest BCUT2D eigenvalue weighted by Gasteiger charge is -2.22. The molecule has 0 saturated heterocycles. The van der Waals surface area contributed by atoms with E-state index in [1.807, 2.05) is 0 Å². The maximum absolute atomic E-state index is 5.77. The van der Waals surface area contributed by atoms with Gasteiger partial charge in [-0.1, -0.05) is 31.9 Å². The molecule has 16 heavy (non-hydrogen) atoms. The Kier molecular flexibility index (Phi) is 5.33. The van der Waals surface area contributed by atoms with Gasteiger partial charge in [-0.15, -0.1) is 0 Å². The summed E-state index contributed by atoms with van der Waals surface area (Å²) in [4.78, 5) is 2.32. The normalized spacial score (nSPS) is 10.5. The molecule has 90 valence electrons. The minimum Gasteiger partial charge on any atom is -0.374 e. The van der Waals surface area contributed by atoms with Gasteiger partial charge in [0.05, 0.1) is 0 Å². The van der Waals surface area contributed by atoms with Crippen LogP contribution in [0, 0.1) is 6.92 Å². The van der Waals surface area contributed by atoms with E-state index < -0.39 is 0 Å². The van der Waals surface area contributed by atoms with Crippen LogP contribution < -0.4 is 10.6 Å². The molecule has 0 spiro atoms. The Bertz CT molecular complexity index is 321. The Morgan fingerprint density at radius 1 is 1.25 bits per heavy atom. The molecule has 0 bridgehead atoms. The molecule has 2 N–H and O–H groups in total. The summed E-state index contributed by atoms with van der Waals surface area (Å²) in [6.45, 7) is 6.10. The lowest BCUT2D eigenvalue weighted by molar-refractivity contribution is 0.703. The molecule has 0 fully saturated rings. The summed E-state index contributed by atoms with van der Waals surface area (Å²) in [6.07, 6.45) is 3.82. The fraction of sp³-hybridized carbons (Fsp3) is 0.571. The van der Waals surface area contributed by atoms with Gasteiger partial charge in [0, 0.05) is 25.8 Å². The zero-order chi connectivity index (χ0) is 12.0. The second kappa shape index (κ2) is 6.54. The smallest absolute Gasteiger partial charge is 0.0411 e. The molecule has 0 amide bonds. The molecule has 0 aliphatic heterocycles. The molecule has 0 aromatic heterocycles. The minimum absolute atomic E-state index is 0.619. The maximum atomic E-state index is 5.77. The molecule has 2 nitrogen and oxygen atoms in total. The molecule has 1 aromatic carbocycles. The van der Waals surface area contributed by atoms with E-state index in [9.17, 15) is 0 Å². The first-order valence-corrected chi connectivity index (χ1v) is 6.19. The van der Waals surface area contributed by atoms with Crippen LogP contribution in [-0.4, -0.2) is 13.6 Å². The van der Waals surface area contributed by atoms with Gasteiger partial charge in [0.1, 0.15) is 0 Å². The third-order valence-electron chi connectivity index (χ3n) is 2.97. The van der Waals surface area contributed by atoms with Crippen molar-refractivity contribution in [2.75, 3.05) is 18.5 Å². The van der Waals surface area contributed by atoms with Crippen LogP contribution >= 0.6 is 0 Å². The molecule has 1 rings (SSSR count). The molecule has 0 aliphatic rings. The predicted molar refractivity (Wildman–Crippen MR) is 71.9 cm³/mol. The highest BCUT2D eigenvalue weighted by Gasteiger charge is 2.06. The monoisotopic (exact) mass is 220 g/mol. The second-order valence-electron chi connectivity index (χ2n) is 4.46. The fourth-order valence-corrected chi connectivity index (χ4v) is 1.92. The van der Waals surface area contributed by atoms with Crippen molar-refractivity contribution in [2.24, 2.45) is 5.73 Å². The first-order chi connectivity index (χ1) is 7.69. The van der Waals surface area contributed by atoms with E-state index in [1.54, 1.807) is 0 Å². The summed E-state index contributed by atoms with van der Waals surface area (Å²) in [5, 5.41) is 0. The number of benzene rings is 1. The zero-order valence-electron chi connectivity index (χ0n) is 10.8. The van der Waals surface area contributed by atoms with E-state index >= 15 is 0 Å². The number of hydrogen-bond acceptors (Lipinski definition) is 2. The van der Waals surface area contributed by atoms with Crippen LogP contribution in [0.5, 0.6) is 0 Å². The standard InChI is InChI=1S/C14H24N2/c1-4-5-6-9-16(3)14-10-12(2)7-8-13(14)11-15/h7-8,10H,4-6,9,11,15H2,1-3H3. The van der Waals surface area contributed by atoms with Gasteiger partial charge in [0.15, 0.2) is 0 Å². The zero-order valence-corrected chi connectivity index (χ0v) is 10.8. The van der Waals surface area contributed by atoms with Crippen molar-refractivity contribution in [3.63, 3.8) is 0 Å². The number of anilines is 1. The molecule has 0 radical (unpaired) electrons. The van der Waals surface area contributed by atoms with E-state index in [-0.39, 0.29) is 0 Å². The van der Waals surface area contributed by atoms with Crippen molar-refractivity contribution in [1.29, 1.82) is 0 Å². The van der Waals surface area contributed by atoms with Crippen molar-refractivity contribution in [1.82, 2.24) is 0 Å². The number of nitrogens with zero attached hydrogens (tertiary/aromatic N) is 1. The van der Waals surface area contributed by atoms with Gasteiger partial charge in [-0.25, -0.2) is 0 Å². The van der Waals surface area contributed by atoms with Gasteiger partial charge in [-0.05, 0) is 30.5 Å². The van der Waals surface area contributed by atoms with Gasteiger partial charge in [-0.2, -0.15) is 0 Å². The summed E-state index contributed by atoms with van der Waals surface area (Å²) in [6, 6.07) is 6.50. The van der Waals surface area contributed by atoms with Crippen LogP contribution in [0.25, 0.3) is 0 Å². The van der Waals surface area contributed by atoms with E-state index in [0.29, 0.717) is 6.54 Å². The molecule has 0 heterocycles. The molecular weight excluding hydrogens is 196 g/mol. The van der Waals surface area contributed by atoms with Crippen LogP contribution in [0.15, 0.2) is 18.2 Å². The highest BCUT2D eigenvalue weighted by atomic mass is 15.1. The first kappa shape index (κ1) is 13.0. The Morgan fingerprint density at radius 2 is 2.00 bits per heavy atom. The molecule has 0 atom stereocenters. The average Bonchev–Trinajstić information content (AvgIpc) is 2.29. The highest BCUT2D eigenvalue weighted by Crippen LogP contribution is 2.21. The van der Waals surface area contributed by atoms with Gasteiger partial charge >= 0.3 is 0 Å². The van der Waals surface area contributed by atoms with E-state index in [2.05, 4.69) is 44.0 Å². The number of nitrogens with two attached hydrogens (primary N) is 1. The minimum atomic E-state index is 0.619. The van der Waals surface area contributed by atoms with Crippen molar-refractivity contribution < 1.29 is 0 Å². The summed E-state index contributed by atoms with van der Waals surface area (Å²) in [5.41, 5.74) is 9.60. The number of unbranched alkanes of at least 4 members (excludes halogenated alkanes) is 2. The Hall–Kier alpha value is -1.02. The van der Waals surface area contributed by atoms with Crippen molar-refractivity contribution >= 4 is 5.69 Å². The molecule has 0 aliphatic carbocycles. The van der Waals surface area contributed by atoms with Gasteiger partial charge in [0.2, 0.25) is 0 Å². The number of hydrogen-bond donors (Lipinski definition) is 1. The van der Waals surface area contributed by atoms with Gasteiger partial charge < -0.3 is 10.6 Å². The van der Waals surface area contributed by atoms with Crippen LogP contribution in [-0.2, 0) is 6.54 Å². The Balaban J connectivity index is 2.72. The summed E-state index contributed by atoms with van der Waals surface area (Å²) in [7, 11) is 2.16. The molecule has 1 aromatic rings. The third-order valence-corrected chi connectivity index (χ3v) is 2.97.